The van der Waals surface area contributed by atoms with Gasteiger partial charge in [0.25, 0.3) is 11.8 Å². The lowest BCUT2D eigenvalue weighted by Crippen LogP contribution is -2.23. The van der Waals surface area contributed by atoms with Crippen LogP contribution >= 0.6 is 0 Å². The summed E-state index contributed by atoms with van der Waals surface area (Å²) in [5.74, 6) is -0.951. The van der Waals surface area contributed by atoms with Gasteiger partial charge in [0, 0.05) is 6.20 Å². The smallest absolute Gasteiger partial charge is 0.309 e. The largest absolute Gasteiger partial charge is 0.469 e. The van der Waals surface area contributed by atoms with Gasteiger partial charge in [-0.05, 0) is 29.3 Å². The maximum atomic E-state index is 12.2. The molecule has 1 aliphatic heterocycles. The van der Waals surface area contributed by atoms with Crippen LogP contribution in [0, 0.1) is 0 Å². The normalized spacial score (nSPS) is 13.5. The number of esters is 1. The molecular weight excluding hydrogens is 306 g/mol. The van der Waals surface area contributed by atoms with Gasteiger partial charge in [-0.25, -0.2) is 4.90 Å². The summed E-state index contributed by atoms with van der Waals surface area (Å²) in [4.78, 5) is 36.8. The number of amides is 2. The first-order valence-corrected chi connectivity index (χ1v) is 7.41. The standard InChI is InChI=1S/C19H15NO4/c1-24-17(21)12-14-8-6-13(7-9-14)10-11-20-18(22)15-4-2-3-5-16(15)19(20)23/h2-11H,12H2,1H3/b11-10+. The molecule has 24 heavy (non-hydrogen) atoms. The molecule has 0 saturated heterocycles. The lowest BCUT2D eigenvalue weighted by molar-refractivity contribution is -0.139. The first kappa shape index (κ1) is 15.7. The van der Waals surface area contributed by atoms with E-state index in [1.165, 1.54) is 13.3 Å². The van der Waals surface area contributed by atoms with Crippen molar-refractivity contribution in [2.45, 2.75) is 6.42 Å². The van der Waals surface area contributed by atoms with Crippen molar-refractivity contribution < 1.29 is 19.1 Å². The Morgan fingerprint density at radius 2 is 1.58 bits per heavy atom. The third kappa shape index (κ3) is 2.96. The molecule has 5 heteroatoms. The molecule has 2 amide bonds. The summed E-state index contributed by atoms with van der Waals surface area (Å²) in [7, 11) is 1.35. The Bertz CT molecular complexity index is 802. The van der Waals surface area contributed by atoms with Crippen LogP contribution in [0.25, 0.3) is 6.08 Å². The van der Waals surface area contributed by atoms with Gasteiger partial charge in [-0.3, -0.25) is 14.4 Å². The maximum Gasteiger partial charge on any atom is 0.309 e. The highest BCUT2D eigenvalue weighted by atomic mass is 16.5. The Morgan fingerprint density at radius 3 is 2.12 bits per heavy atom. The zero-order valence-electron chi connectivity index (χ0n) is 13.1. The predicted octanol–water partition coefficient (Wildman–Crippen LogP) is 2.67. The Morgan fingerprint density at radius 1 is 1.00 bits per heavy atom. The van der Waals surface area contributed by atoms with E-state index in [2.05, 4.69) is 4.74 Å². The Kier molecular flexibility index (Phi) is 4.24. The molecule has 120 valence electrons. The molecule has 2 aromatic rings. The van der Waals surface area contributed by atoms with Gasteiger partial charge in [0.2, 0.25) is 0 Å². The molecule has 3 rings (SSSR count). The van der Waals surface area contributed by atoms with Crippen LogP contribution in [-0.4, -0.2) is 29.8 Å². The number of methoxy groups -OCH3 is 1. The van der Waals surface area contributed by atoms with Crippen molar-refractivity contribution in [1.29, 1.82) is 0 Å². The third-order valence-corrected chi connectivity index (χ3v) is 3.80. The summed E-state index contributed by atoms with van der Waals surface area (Å²) in [5, 5.41) is 0. The quantitative estimate of drug-likeness (QED) is 0.641. The molecule has 1 aliphatic rings. The van der Waals surface area contributed by atoms with Crippen LogP contribution in [-0.2, 0) is 16.0 Å². The second-order valence-corrected chi connectivity index (χ2v) is 5.34. The van der Waals surface area contributed by atoms with E-state index in [0.29, 0.717) is 11.1 Å². The first-order valence-electron chi connectivity index (χ1n) is 7.41. The molecule has 0 fully saturated rings. The topological polar surface area (TPSA) is 63.7 Å². The average molecular weight is 321 g/mol. The lowest BCUT2D eigenvalue weighted by Gasteiger charge is -2.07. The molecule has 0 aromatic heterocycles. The fraction of sp³-hybridized carbons (Fsp3) is 0.105. The molecule has 0 aliphatic carbocycles. The molecule has 0 atom stereocenters. The number of carbonyl (C=O) groups is 3. The van der Waals surface area contributed by atoms with Crippen molar-refractivity contribution in [1.82, 2.24) is 4.90 Å². The summed E-state index contributed by atoms with van der Waals surface area (Å²) in [6.45, 7) is 0. The predicted molar refractivity (Wildman–Crippen MR) is 88.1 cm³/mol. The molecular formula is C19H15NO4. The number of benzene rings is 2. The van der Waals surface area contributed by atoms with Crippen molar-refractivity contribution in [2.75, 3.05) is 7.11 Å². The molecule has 0 N–H and O–H groups in total. The highest BCUT2D eigenvalue weighted by molar-refractivity contribution is 6.22. The van der Waals surface area contributed by atoms with Gasteiger partial charge in [0.15, 0.2) is 0 Å². The Balaban J connectivity index is 1.74. The van der Waals surface area contributed by atoms with Gasteiger partial charge in [-0.15, -0.1) is 0 Å². The van der Waals surface area contributed by atoms with E-state index in [1.54, 1.807) is 42.5 Å². The summed E-state index contributed by atoms with van der Waals surface area (Å²) >= 11 is 0. The van der Waals surface area contributed by atoms with E-state index in [4.69, 9.17) is 0 Å². The minimum Gasteiger partial charge on any atom is -0.469 e. The molecule has 0 saturated carbocycles. The molecule has 1 heterocycles. The Labute approximate surface area is 139 Å². The van der Waals surface area contributed by atoms with E-state index in [1.807, 2.05) is 12.1 Å². The Hall–Kier alpha value is -3.21. The van der Waals surface area contributed by atoms with Crippen LogP contribution in [0.1, 0.15) is 31.8 Å². The van der Waals surface area contributed by atoms with E-state index >= 15 is 0 Å². The number of nitrogens with zero attached hydrogens (tertiary/aromatic N) is 1. The molecule has 0 unspecified atom stereocenters. The van der Waals surface area contributed by atoms with Crippen LogP contribution in [0.15, 0.2) is 54.7 Å². The molecule has 0 radical (unpaired) electrons. The van der Waals surface area contributed by atoms with Crippen LogP contribution < -0.4 is 0 Å². The van der Waals surface area contributed by atoms with E-state index in [0.717, 1.165) is 16.0 Å². The lowest BCUT2D eigenvalue weighted by atomic mass is 10.1. The van der Waals surface area contributed by atoms with Gasteiger partial charge in [-0.2, -0.15) is 0 Å². The van der Waals surface area contributed by atoms with Gasteiger partial charge in [0.05, 0.1) is 24.7 Å². The SMILES string of the molecule is COC(=O)Cc1ccc(/C=C/N2C(=O)c3ccccc3C2=O)cc1. The fourth-order valence-corrected chi connectivity index (χ4v) is 2.49. The molecule has 5 nitrogen and oxygen atoms in total. The molecule has 0 spiro atoms. The fourth-order valence-electron chi connectivity index (χ4n) is 2.49. The summed E-state index contributed by atoms with van der Waals surface area (Å²) in [6.07, 6.45) is 3.36. The third-order valence-electron chi connectivity index (χ3n) is 3.80. The second kappa shape index (κ2) is 6.50. The molecule has 0 bridgehead atoms. The number of hydrogen-bond donors (Lipinski definition) is 0. The summed E-state index contributed by atoms with van der Waals surface area (Å²) in [5.41, 5.74) is 2.49. The van der Waals surface area contributed by atoms with E-state index in [9.17, 15) is 14.4 Å². The summed E-state index contributed by atoms with van der Waals surface area (Å²) in [6, 6.07) is 14.0. The van der Waals surface area contributed by atoms with Crippen molar-refractivity contribution in [3.05, 3.63) is 77.0 Å². The van der Waals surface area contributed by atoms with Gasteiger partial charge < -0.3 is 4.74 Å². The van der Waals surface area contributed by atoms with Crippen LogP contribution in [0.4, 0.5) is 0 Å². The van der Waals surface area contributed by atoms with Gasteiger partial charge in [0.1, 0.15) is 0 Å². The van der Waals surface area contributed by atoms with Crippen molar-refractivity contribution in [3.8, 4) is 0 Å². The zero-order valence-corrected chi connectivity index (χ0v) is 13.1. The number of fused-ring (bicyclic) bond motifs is 1. The van der Waals surface area contributed by atoms with Gasteiger partial charge >= 0.3 is 5.97 Å². The number of hydrogen-bond acceptors (Lipinski definition) is 4. The van der Waals surface area contributed by atoms with Crippen LogP contribution in [0.2, 0.25) is 0 Å². The van der Waals surface area contributed by atoms with E-state index in [-0.39, 0.29) is 24.2 Å². The summed E-state index contributed by atoms with van der Waals surface area (Å²) < 4.78 is 4.62. The van der Waals surface area contributed by atoms with E-state index < -0.39 is 0 Å². The monoisotopic (exact) mass is 321 g/mol. The highest BCUT2D eigenvalue weighted by Gasteiger charge is 2.33. The average Bonchev–Trinajstić information content (AvgIpc) is 2.85. The first-order chi connectivity index (χ1) is 11.6. The number of imide groups is 1. The number of ether oxygens (including phenoxy) is 1. The van der Waals surface area contributed by atoms with Gasteiger partial charge in [-0.1, -0.05) is 36.4 Å². The maximum absolute atomic E-state index is 12.2. The minimum atomic E-state index is -0.325. The van der Waals surface area contributed by atoms with Crippen molar-refractivity contribution in [3.63, 3.8) is 0 Å². The highest BCUT2D eigenvalue weighted by Crippen LogP contribution is 2.23. The second-order valence-electron chi connectivity index (χ2n) is 5.34. The number of carbonyl (C=O) groups excluding carboxylic acids is 3. The van der Waals surface area contributed by atoms with Crippen LogP contribution in [0.5, 0.6) is 0 Å². The number of rotatable bonds is 4. The zero-order chi connectivity index (χ0) is 17.1. The van der Waals surface area contributed by atoms with Crippen LogP contribution in [0.3, 0.4) is 0 Å². The molecule has 2 aromatic carbocycles. The van der Waals surface area contributed by atoms with Crippen molar-refractivity contribution in [2.24, 2.45) is 0 Å². The minimum absolute atomic E-state index is 0.207. The van der Waals surface area contributed by atoms with Crippen molar-refractivity contribution >= 4 is 23.9 Å².